The second-order valence-electron chi connectivity index (χ2n) is 8.47. The van der Waals surface area contributed by atoms with E-state index in [1.807, 2.05) is 18.2 Å². The lowest BCUT2D eigenvalue weighted by Crippen LogP contribution is -2.39. The van der Waals surface area contributed by atoms with E-state index in [4.69, 9.17) is 4.98 Å². The van der Waals surface area contributed by atoms with Gasteiger partial charge in [-0.1, -0.05) is 6.07 Å². The van der Waals surface area contributed by atoms with Crippen molar-refractivity contribution in [1.82, 2.24) is 19.4 Å². The highest BCUT2D eigenvalue weighted by molar-refractivity contribution is 5.97. The minimum Gasteiger partial charge on any atom is -0.389 e. The molecule has 1 N–H and O–H groups in total. The number of hydrogen-bond acceptors (Lipinski definition) is 5. The zero-order valence-electron chi connectivity index (χ0n) is 18.0. The maximum Gasteiger partial charge on any atom is 0.258 e. The van der Waals surface area contributed by atoms with Crippen molar-refractivity contribution in [3.8, 4) is 11.3 Å². The van der Waals surface area contributed by atoms with E-state index in [0.717, 1.165) is 10.9 Å². The molecule has 0 saturated heterocycles. The van der Waals surface area contributed by atoms with Gasteiger partial charge in [-0.2, -0.15) is 0 Å². The van der Waals surface area contributed by atoms with Crippen LogP contribution in [0.25, 0.3) is 33.1 Å². The van der Waals surface area contributed by atoms with E-state index < -0.39 is 5.60 Å². The maximum atomic E-state index is 12.8. The number of pyridine rings is 1. The summed E-state index contributed by atoms with van der Waals surface area (Å²) in [6.07, 6.45) is 3.43. The Morgan fingerprint density at radius 1 is 1.13 bits per heavy atom. The number of fused-ring (bicyclic) bond motifs is 2. The Labute approximate surface area is 179 Å². The van der Waals surface area contributed by atoms with Crippen molar-refractivity contribution in [1.29, 1.82) is 0 Å². The number of carbonyl (C=O) groups excluding carboxylic acids is 1. The SMILES string of the molecule is CN(CC(C)(C)O)C(=O)c1ccc2ncc(-c3ccc4c(=O)n(C)ccc4c3)nc2c1. The number of rotatable bonds is 4. The molecule has 2 aromatic carbocycles. The van der Waals surface area contributed by atoms with Crippen LogP contribution in [-0.4, -0.2) is 49.6 Å². The van der Waals surface area contributed by atoms with Crippen LogP contribution in [-0.2, 0) is 7.05 Å². The smallest absolute Gasteiger partial charge is 0.258 e. The Hall–Kier alpha value is -3.58. The van der Waals surface area contributed by atoms with Gasteiger partial charge in [0.1, 0.15) is 0 Å². The molecule has 0 aliphatic heterocycles. The summed E-state index contributed by atoms with van der Waals surface area (Å²) in [6.45, 7) is 3.54. The van der Waals surface area contributed by atoms with Gasteiger partial charge < -0.3 is 14.6 Å². The number of carbonyl (C=O) groups is 1. The molecule has 0 atom stereocenters. The molecule has 4 aromatic rings. The molecule has 0 aliphatic carbocycles. The van der Waals surface area contributed by atoms with Gasteiger partial charge in [0.15, 0.2) is 0 Å². The normalized spacial score (nSPS) is 11.8. The van der Waals surface area contributed by atoms with Gasteiger partial charge in [-0.05, 0) is 55.6 Å². The Morgan fingerprint density at radius 3 is 2.65 bits per heavy atom. The van der Waals surface area contributed by atoms with Gasteiger partial charge in [-0.15, -0.1) is 0 Å². The molecule has 0 bridgehead atoms. The summed E-state index contributed by atoms with van der Waals surface area (Å²) in [5.41, 5.74) is 2.23. The van der Waals surface area contributed by atoms with Crippen LogP contribution in [0, 0.1) is 0 Å². The van der Waals surface area contributed by atoms with Crippen molar-refractivity contribution < 1.29 is 9.90 Å². The summed E-state index contributed by atoms with van der Waals surface area (Å²) in [6, 6.07) is 12.7. The number of aliphatic hydroxyl groups is 1. The highest BCUT2D eigenvalue weighted by Crippen LogP contribution is 2.23. The molecule has 0 spiro atoms. The van der Waals surface area contributed by atoms with Crippen LogP contribution in [0.15, 0.2) is 59.7 Å². The van der Waals surface area contributed by atoms with Gasteiger partial charge in [-0.25, -0.2) is 4.98 Å². The van der Waals surface area contributed by atoms with Crippen LogP contribution in [0.2, 0.25) is 0 Å². The predicted molar refractivity (Wildman–Crippen MR) is 121 cm³/mol. The molecule has 4 rings (SSSR count). The summed E-state index contributed by atoms with van der Waals surface area (Å²) in [5, 5.41) is 11.5. The fourth-order valence-electron chi connectivity index (χ4n) is 3.66. The topological polar surface area (TPSA) is 88.3 Å². The lowest BCUT2D eigenvalue weighted by Gasteiger charge is -2.25. The highest BCUT2D eigenvalue weighted by atomic mass is 16.3. The monoisotopic (exact) mass is 416 g/mol. The summed E-state index contributed by atoms with van der Waals surface area (Å²) in [5.74, 6) is -0.197. The fourth-order valence-corrected chi connectivity index (χ4v) is 3.66. The quantitative estimate of drug-likeness (QED) is 0.553. The van der Waals surface area contributed by atoms with Gasteiger partial charge in [-0.3, -0.25) is 14.6 Å². The second-order valence-corrected chi connectivity index (χ2v) is 8.47. The lowest BCUT2D eigenvalue weighted by molar-refractivity contribution is 0.0368. The van der Waals surface area contributed by atoms with Crippen molar-refractivity contribution in [3.63, 3.8) is 0 Å². The van der Waals surface area contributed by atoms with Gasteiger partial charge in [0.25, 0.3) is 11.5 Å². The zero-order chi connectivity index (χ0) is 22.3. The predicted octanol–water partition coefficient (Wildman–Crippen LogP) is 2.99. The average Bonchev–Trinajstić information content (AvgIpc) is 2.73. The Bertz CT molecular complexity index is 1370. The molecule has 0 unspecified atom stereocenters. The summed E-state index contributed by atoms with van der Waals surface area (Å²) in [7, 11) is 3.38. The molecule has 2 heterocycles. The fraction of sp³-hybridized carbons (Fsp3) is 0.250. The first kappa shape index (κ1) is 20.7. The number of aryl methyl sites for hydroxylation is 1. The molecule has 0 saturated carbocycles. The molecule has 0 radical (unpaired) electrons. The number of hydrogen-bond donors (Lipinski definition) is 1. The van der Waals surface area contributed by atoms with Crippen LogP contribution in [0.5, 0.6) is 0 Å². The number of benzene rings is 2. The Balaban J connectivity index is 1.72. The third kappa shape index (κ3) is 4.18. The number of aromatic nitrogens is 3. The standard InChI is InChI=1S/C24H24N4O3/c1-24(2,31)14-28(4)22(29)17-6-8-19-20(12-17)26-21(13-25-19)16-5-7-18-15(11-16)9-10-27(3)23(18)30/h5-13,31H,14H2,1-4H3. The molecule has 31 heavy (non-hydrogen) atoms. The molecule has 158 valence electrons. The van der Waals surface area contributed by atoms with Crippen LogP contribution in [0.3, 0.4) is 0 Å². The molecule has 7 heteroatoms. The first-order chi connectivity index (χ1) is 14.6. The van der Waals surface area contributed by atoms with Crippen molar-refractivity contribution in [2.45, 2.75) is 19.4 Å². The lowest BCUT2D eigenvalue weighted by atomic mass is 10.1. The third-order valence-electron chi connectivity index (χ3n) is 5.14. The number of likely N-dealkylation sites (N-methyl/N-ethyl adjacent to an activating group) is 1. The van der Waals surface area contributed by atoms with Crippen molar-refractivity contribution in [2.75, 3.05) is 13.6 Å². The van der Waals surface area contributed by atoms with E-state index in [0.29, 0.717) is 27.7 Å². The van der Waals surface area contributed by atoms with E-state index in [2.05, 4.69) is 4.98 Å². The van der Waals surface area contributed by atoms with Gasteiger partial charge in [0, 0.05) is 43.4 Å². The largest absolute Gasteiger partial charge is 0.389 e. The number of amides is 1. The van der Waals surface area contributed by atoms with Crippen LogP contribution < -0.4 is 5.56 Å². The maximum absolute atomic E-state index is 12.8. The van der Waals surface area contributed by atoms with Crippen LogP contribution >= 0.6 is 0 Å². The van der Waals surface area contributed by atoms with E-state index >= 15 is 0 Å². The summed E-state index contributed by atoms with van der Waals surface area (Å²) >= 11 is 0. The minimum atomic E-state index is -0.981. The third-order valence-corrected chi connectivity index (χ3v) is 5.14. The summed E-state index contributed by atoms with van der Waals surface area (Å²) in [4.78, 5) is 35.7. The Kier molecular flexibility index (Phi) is 5.07. The molecule has 0 aliphatic rings. The molecule has 1 amide bonds. The molecular formula is C24H24N4O3. The average molecular weight is 416 g/mol. The van der Waals surface area contributed by atoms with Gasteiger partial charge >= 0.3 is 0 Å². The first-order valence-corrected chi connectivity index (χ1v) is 9.97. The molecule has 7 nitrogen and oxygen atoms in total. The van der Waals surface area contributed by atoms with Gasteiger partial charge in [0.05, 0.1) is 28.5 Å². The van der Waals surface area contributed by atoms with Crippen molar-refractivity contribution >= 4 is 27.7 Å². The summed E-state index contributed by atoms with van der Waals surface area (Å²) < 4.78 is 1.55. The number of nitrogens with zero attached hydrogens (tertiary/aromatic N) is 4. The van der Waals surface area contributed by atoms with E-state index in [1.165, 1.54) is 4.90 Å². The first-order valence-electron chi connectivity index (χ1n) is 9.97. The molecular weight excluding hydrogens is 392 g/mol. The second kappa shape index (κ2) is 7.59. The Morgan fingerprint density at radius 2 is 1.90 bits per heavy atom. The minimum absolute atomic E-state index is 0.0491. The van der Waals surface area contributed by atoms with E-state index in [9.17, 15) is 14.7 Å². The van der Waals surface area contributed by atoms with Crippen LogP contribution in [0.1, 0.15) is 24.2 Å². The van der Waals surface area contributed by atoms with Gasteiger partial charge in [0.2, 0.25) is 0 Å². The van der Waals surface area contributed by atoms with Crippen molar-refractivity contribution in [2.24, 2.45) is 7.05 Å². The zero-order valence-corrected chi connectivity index (χ0v) is 18.0. The molecule has 0 fully saturated rings. The van der Waals surface area contributed by atoms with Crippen molar-refractivity contribution in [3.05, 3.63) is 70.8 Å². The van der Waals surface area contributed by atoms with E-state index in [1.54, 1.807) is 69.2 Å². The van der Waals surface area contributed by atoms with Crippen LogP contribution in [0.4, 0.5) is 0 Å². The molecule has 2 aromatic heterocycles. The van der Waals surface area contributed by atoms with E-state index in [-0.39, 0.29) is 18.0 Å². The highest BCUT2D eigenvalue weighted by Gasteiger charge is 2.20.